The molecule has 1 heterocycles. The Hall–Kier alpha value is -1.18. The normalized spacial score (nSPS) is 23.9. The summed E-state index contributed by atoms with van der Waals surface area (Å²) in [5.74, 6) is 0.449. The van der Waals surface area contributed by atoms with E-state index in [2.05, 4.69) is 0 Å². The van der Waals surface area contributed by atoms with Crippen LogP contribution in [0.3, 0.4) is 0 Å². The Morgan fingerprint density at radius 1 is 1.50 bits per heavy atom. The Labute approximate surface area is 118 Å². The third kappa shape index (κ3) is 2.94. The van der Waals surface area contributed by atoms with Crippen LogP contribution in [0.5, 0.6) is 5.75 Å². The Bertz CT molecular complexity index is 563. The van der Waals surface area contributed by atoms with Gasteiger partial charge in [0.1, 0.15) is 11.9 Å². The molecule has 0 bridgehead atoms. The van der Waals surface area contributed by atoms with Crippen molar-refractivity contribution >= 4 is 10.0 Å². The van der Waals surface area contributed by atoms with Crippen LogP contribution in [0.25, 0.3) is 0 Å². The topological polar surface area (TPSA) is 66.8 Å². The highest BCUT2D eigenvalue weighted by Crippen LogP contribution is 2.29. The number of aliphatic hydroxyl groups excluding tert-OH is 1. The molecule has 1 aliphatic rings. The van der Waals surface area contributed by atoms with Crippen LogP contribution >= 0.6 is 0 Å². The summed E-state index contributed by atoms with van der Waals surface area (Å²) in [6, 6.07) is 5.39. The molecule has 5 nitrogen and oxygen atoms in total. The molecule has 1 saturated heterocycles. The van der Waals surface area contributed by atoms with Crippen LogP contribution in [0.2, 0.25) is 0 Å². The van der Waals surface area contributed by atoms with Crippen molar-refractivity contribution in [3.05, 3.63) is 24.3 Å². The Morgan fingerprint density at radius 2 is 2.25 bits per heavy atom. The van der Waals surface area contributed by atoms with Crippen LogP contribution in [0.4, 0.5) is 4.39 Å². The van der Waals surface area contributed by atoms with E-state index < -0.39 is 22.2 Å². The average molecular weight is 303 g/mol. The molecule has 0 unspecified atom stereocenters. The van der Waals surface area contributed by atoms with Gasteiger partial charge in [0, 0.05) is 12.6 Å². The number of halogens is 1. The summed E-state index contributed by atoms with van der Waals surface area (Å²) in [4.78, 5) is 0.0519. The van der Waals surface area contributed by atoms with E-state index in [-0.39, 0.29) is 24.5 Å². The summed E-state index contributed by atoms with van der Waals surface area (Å²) in [5.41, 5.74) is 0. The van der Waals surface area contributed by atoms with E-state index >= 15 is 0 Å². The molecule has 2 atom stereocenters. The van der Waals surface area contributed by atoms with E-state index in [1.807, 2.05) is 0 Å². The van der Waals surface area contributed by atoms with E-state index in [1.54, 1.807) is 19.1 Å². The Balaban J connectivity index is 2.32. The first kappa shape index (κ1) is 15.2. The Morgan fingerprint density at radius 3 is 2.90 bits per heavy atom. The lowest BCUT2D eigenvalue weighted by atomic mass is 10.2. The lowest BCUT2D eigenvalue weighted by Crippen LogP contribution is -2.37. The van der Waals surface area contributed by atoms with Crippen LogP contribution < -0.4 is 4.74 Å². The van der Waals surface area contributed by atoms with Gasteiger partial charge in [-0.1, -0.05) is 6.07 Å². The van der Waals surface area contributed by atoms with Crippen molar-refractivity contribution < 1.29 is 22.7 Å². The number of aliphatic hydroxyl groups is 1. The molecule has 1 fully saturated rings. The van der Waals surface area contributed by atoms with Crippen molar-refractivity contribution in [2.24, 2.45) is 0 Å². The molecule has 0 saturated carbocycles. The van der Waals surface area contributed by atoms with Crippen molar-refractivity contribution in [3.8, 4) is 5.75 Å². The highest BCUT2D eigenvalue weighted by molar-refractivity contribution is 7.89. The number of hydrogen-bond acceptors (Lipinski definition) is 4. The lowest BCUT2D eigenvalue weighted by molar-refractivity contribution is 0.213. The maximum atomic E-state index is 13.4. The third-order valence-corrected chi connectivity index (χ3v) is 5.16. The van der Waals surface area contributed by atoms with Gasteiger partial charge in [-0.05, 0) is 25.5 Å². The van der Waals surface area contributed by atoms with E-state index in [1.165, 1.54) is 12.1 Å². The number of nitrogens with zero attached hydrogens (tertiary/aromatic N) is 1. The zero-order valence-electron chi connectivity index (χ0n) is 11.2. The molecule has 0 aromatic heterocycles. The highest BCUT2D eigenvalue weighted by atomic mass is 32.2. The molecule has 112 valence electrons. The van der Waals surface area contributed by atoms with Gasteiger partial charge in [0.05, 0.1) is 24.2 Å². The fourth-order valence-corrected chi connectivity index (χ4v) is 4.01. The second kappa shape index (κ2) is 6.07. The Kier molecular flexibility index (Phi) is 4.62. The van der Waals surface area contributed by atoms with Gasteiger partial charge in [-0.3, -0.25) is 0 Å². The van der Waals surface area contributed by atoms with Crippen molar-refractivity contribution in [1.82, 2.24) is 4.31 Å². The van der Waals surface area contributed by atoms with Gasteiger partial charge in [0.25, 0.3) is 0 Å². The van der Waals surface area contributed by atoms with Crippen molar-refractivity contribution in [2.45, 2.75) is 30.5 Å². The van der Waals surface area contributed by atoms with Gasteiger partial charge in [-0.25, -0.2) is 12.8 Å². The summed E-state index contributed by atoms with van der Waals surface area (Å²) in [6.45, 7) is 1.63. The summed E-state index contributed by atoms with van der Waals surface area (Å²) in [6.07, 6.45) is -1.21. The predicted molar refractivity (Wildman–Crippen MR) is 71.9 cm³/mol. The van der Waals surface area contributed by atoms with Gasteiger partial charge < -0.3 is 9.84 Å². The second-order valence-electron chi connectivity index (χ2n) is 4.65. The minimum Gasteiger partial charge on any atom is -0.494 e. The molecule has 2 rings (SSSR count). The molecular formula is C13H18FNO4S. The first-order chi connectivity index (χ1) is 9.48. The first-order valence-electron chi connectivity index (χ1n) is 6.48. The number of hydrogen-bond donors (Lipinski definition) is 1. The van der Waals surface area contributed by atoms with Gasteiger partial charge in [-0.15, -0.1) is 0 Å². The van der Waals surface area contributed by atoms with Crippen molar-refractivity contribution in [3.63, 3.8) is 0 Å². The summed E-state index contributed by atoms with van der Waals surface area (Å²) >= 11 is 0. The fraction of sp³-hybridized carbons (Fsp3) is 0.538. The van der Waals surface area contributed by atoms with Crippen molar-refractivity contribution in [2.75, 3.05) is 19.8 Å². The van der Waals surface area contributed by atoms with Gasteiger partial charge >= 0.3 is 0 Å². The quantitative estimate of drug-likeness (QED) is 0.887. The van der Waals surface area contributed by atoms with Crippen molar-refractivity contribution in [1.29, 1.82) is 0 Å². The van der Waals surface area contributed by atoms with Crippen LogP contribution in [-0.4, -0.2) is 49.8 Å². The van der Waals surface area contributed by atoms with Crippen LogP contribution in [0, 0.1) is 0 Å². The second-order valence-corrected chi connectivity index (χ2v) is 6.54. The maximum absolute atomic E-state index is 13.4. The predicted octanol–water partition coefficient (Wildman–Crippen LogP) is 1.18. The van der Waals surface area contributed by atoms with Crippen LogP contribution in [0.15, 0.2) is 29.2 Å². The van der Waals surface area contributed by atoms with E-state index in [0.717, 1.165) is 4.31 Å². The molecule has 1 aliphatic heterocycles. The third-order valence-electron chi connectivity index (χ3n) is 3.25. The summed E-state index contributed by atoms with van der Waals surface area (Å²) < 4.78 is 44.7. The van der Waals surface area contributed by atoms with Gasteiger partial charge in [0.15, 0.2) is 0 Å². The van der Waals surface area contributed by atoms with E-state index in [4.69, 9.17) is 4.74 Å². The highest BCUT2D eigenvalue weighted by Gasteiger charge is 2.40. The molecule has 0 aliphatic carbocycles. The van der Waals surface area contributed by atoms with Crippen LogP contribution in [0.1, 0.15) is 13.3 Å². The van der Waals surface area contributed by atoms with Gasteiger partial charge in [-0.2, -0.15) is 4.31 Å². The molecule has 1 aromatic rings. The molecular weight excluding hydrogens is 285 g/mol. The summed E-state index contributed by atoms with van der Waals surface area (Å²) in [5, 5.41) is 9.21. The summed E-state index contributed by atoms with van der Waals surface area (Å²) in [7, 11) is -3.82. The lowest BCUT2D eigenvalue weighted by Gasteiger charge is -2.22. The molecule has 0 spiro atoms. The standard InChI is InChI=1S/C13H18FNO4S/c1-2-19-12-4-3-5-13(7-12)20(17,18)15-8-10(14)6-11(15)9-16/h3-5,7,10-11,16H,2,6,8-9H2,1H3/t10-,11-/m0/s1. The number of rotatable bonds is 5. The fourth-order valence-electron chi connectivity index (χ4n) is 2.32. The van der Waals surface area contributed by atoms with E-state index in [9.17, 15) is 17.9 Å². The SMILES string of the molecule is CCOc1cccc(S(=O)(=O)N2C[C@@H](F)C[C@H]2CO)c1. The van der Waals surface area contributed by atoms with E-state index in [0.29, 0.717) is 12.4 Å². The monoisotopic (exact) mass is 303 g/mol. The average Bonchev–Trinajstić information content (AvgIpc) is 2.81. The number of ether oxygens (including phenoxy) is 1. The minimum atomic E-state index is -3.82. The minimum absolute atomic E-state index is 0.0287. The smallest absolute Gasteiger partial charge is 0.243 e. The molecule has 1 aromatic carbocycles. The van der Waals surface area contributed by atoms with Crippen LogP contribution in [-0.2, 0) is 10.0 Å². The van der Waals surface area contributed by atoms with Gasteiger partial charge in [0.2, 0.25) is 10.0 Å². The maximum Gasteiger partial charge on any atom is 0.243 e. The molecule has 1 N–H and O–H groups in total. The first-order valence-corrected chi connectivity index (χ1v) is 7.92. The number of sulfonamides is 1. The zero-order valence-corrected chi connectivity index (χ0v) is 12.0. The largest absolute Gasteiger partial charge is 0.494 e. The number of alkyl halides is 1. The molecule has 20 heavy (non-hydrogen) atoms. The zero-order chi connectivity index (χ0) is 14.8. The number of benzene rings is 1. The molecule has 0 amide bonds. The molecule has 7 heteroatoms. The molecule has 0 radical (unpaired) electrons.